The average molecular weight is 449 g/mol. The van der Waals surface area contributed by atoms with E-state index in [1.807, 2.05) is 6.92 Å². The molecule has 0 saturated carbocycles. The topological polar surface area (TPSA) is 66.8 Å². The molecule has 1 saturated heterocycles. The van der Waals surface area contributed by atoms with Gasteiger partial charge in [0.15, 0.2) is 11.6 Å². The molecule has 0 radical (unpaired) electrons. The molecule has 168 valence electrons. The fraction of sp³-hybridized carbons (Fsp3) is 0.154. The van der Waals surface area contributed by atoms with Gasteiger partial charge in [-0.05, 0) is 49.2 Å². The van der Waals surface area contributed by atoms with Crippen LogP contribution < -0.4 is 9.64 Å². The third-order valence-electron chi connectivity index (χ3n) is 5.53. The number of aliphatic hydroxyl groups is 1. The number of Topliss-reactive ketones (excluding diaryl/α,β-unsaturated/α-hetero) is 1. The Morgan fingerprint density at radius 3 is 2.45 bits per heavy atom. The molecule has 3 aromatic carbocycles. The number of ketones is 1. The van der Waals surface area contributed by atoms with E-state index in [0.717, 1.165) is 22.6 Å². The third kappa shape index (κ3) is 3.98. The van der Waals surface area contributed by atoms with E-state index < -0.39 is 29.4 Å². The number of carbonyl (C=O) groups excluding carboxylic acids is 2. The zero-order valence-electron chi connectivity index (χ0n) is 18.0. The monoisotopic (exact) mass is 449 g/mol. The maximum Gasteiger partial charge on any atom is 0.300 e. The number of anilines is 1. The number of aliphatic hydroxyl groups excluding tert-OH is 1. The van der Waals surface area contributed by atoms with Crippen molar-refractivity contribution in [3.05, 3.63) is 101 Å². The van der Waals surface area contributed by atoms with E-state index in [9.17, 15) is 23.5 Å². The fourth-order valence-corrected chi connectivity index (χ4v) is 3.98. The van der Waals surface area contributed by atoms with Crippen molar-refractivity contribution in [3.8, 4) is 5.75 Å². The molecule has 3 aromatic rings. The van der Waals surface area contributed by atoms with Crippen molar-refractivity contribution in [2.75, 3.05) is 11.5 Å². The van der Waals surface area contributed by atoms with E-state index >= 15 is 0 Å². The lowest BCUT2D eigenvalue weighted by Crippen LogP contribution is -2.30. The Morgan fingerprint density at radius 1 is 1.00 bits per heavy atom. The molecule has 1 aliphatic heterocycles. The van der Waals surface area contributed by atoms with E-state index in [4.69, 9.17) is 4.74 Å². The number of benzene rings is 3. The van der Waals surface area contributed by atoms with Crippen LogP contribution in [0.3, 0.4) is 0 Å². The summed E-state index contributed by atoms with van der Waals surface area (Å²) in [6.45, 7) is 4.03. The largest absolute Gasteiger partial charge is 0.507 e. The quantitative estimate of drug-likeness (QED) is 0.326. The molecule has 1 fully saturated rings. The third-order valence-corrected chi connectivity index (χ3v) is 5.53. The normalized spacial score (nSPS) is 17.5. The number of hydrogen-bond acceptors (Lipinski definition) is 4. The molecule has 0 bridgehead atoms. The van der Waals surface area contributed by atoms with Crippen molar-refractivity contribution in [3.63, 3.8) is 0 Å². The summed E-state index contributed by atoms with van der Waals surface area (Å²) in [7, 11) is 0. The Morgan fingerprint density at radius 2 is 1.76 bits per heavy atom. The van der Waals surface area contributed by atoms with Crippen LogP contribution in [0.25, 0.3) is 5.76 Å². The SMILES string of the molecule is CCOc1cccc(/C(O)=C2\C(=O)C(=O)N(c3ccc(F)c(F)c3)C2c2ccccc2C)c1. The summed E-state index contributed by atoms with van der Waals surface area (Å²) in [5.74, 6) is -3.99. The van der Waals surface area contributed by atoms with E-state index in [0.29, 0.717) is 23.5 Å². The van der Waals surface area contributed by atoms with Crippen molar-refractivity contribution in [2.45, 2.75) is 19.9 Å². The first-order chi connectivity index (χ1) is 15.8. The average Bonchev–Trinajstić information content (AvgIpc) is 3.06. The first kappa shape index (κ1) is 22.2. The molecule has 0 spiro atoms. The lowest BCUT2D eigenvalue weighted by atomic mass is 9.92. The van der Waals surface area contributed by atoms with E-state index in [1.165, 1.54) is 6.07 Å². The van der Waals surface area contributed by atoms with Crippen molar-refractivity contribution in [1.29, 1.82) is 0 Å². The molecule has 4 rings (SSSR count). The predicted octanol–water partition coefficient (Wildman–Crippen LogP) is 5.30. The van der Waals surface area contributed by atoms with Gasteiger partial charge in [0.2, 0.25) is 0 Å². The highest BCUT2D eigenvalue weighted by atomic mass is 19.2. The van der Waals surface area contributed by atoms with Gasteiger partial charge in [-0.2, -0.15) is 0 Å². The molecular weight excluding hydrogens is 428 g/mol. The van der Waals surface area contributed by atoms with E-state index in [1.54, 1.807) is 55.5 Å². The van der Waals surface area contributed by atoms with Crippen LogP contribution in [-0.2, 0) is 9.59 Å². The Labute approximate surface area is 189 Å². The molecule has 1 amide bonds. The van der Waals surface area contributed by atoms with Gasteiger partial charge in [-0.3, -0.25) is 14.5 Å². The van der Waals surface area contributed by atoms with Gasteiger partial charge in [-0.25, -0.2) is 8.78 Å². The zero-order valence-corrected chi connectivity index (χ0v) is 18.0. The highest BCUT2D eigenvalue weighted by molar-refractivity contribution is 6.51. The summed E-state index contributed by atoms with van der Waals surface area (Å²) in [6.07, 6.45) is 0. The fourth-order valence-electron chi connectivity index (χ4n) is 3.98. The molecule has 1 aliphatic rings. The van der Waals surface area contributed by atoms with Crippen LogP contribution in [0.5, 0.6) is 5.75 Å². The number of aryl methyl sites for hydroxylation is 1. The second kappa shape index (κ2) is 8.86. The molecule has 5 nitrogen and oxygen atoms in total. The zero-order chi connectivity index (χ0) is 23.7. The number of rotatable bonds is 5. The highest BCUT2D eigenvalue weighted by Gasteiger charge is 2.47. The Hall–Kier alpha value is -4.00. The minimum absolute atomic E-state index is 0.00590. The molecule has 1 N–H and O–H groups in total. The van der Waals surface area contributed by atoms with Gasteiger partial charge in [0, 0.05) is 17.3 Å². The van der Waals surface area contributed by atoms with Crippen molar-refractivity contribution in [1.82, 2.24) is 0 Å². The van der Waals surface area contributed by atoms with Crippen LogP contribution in [0.4, 0.5) is 14.5 Å². The maximum atomic E-state index is 14.0. The molecule has 7 heteroatoms. The van der Waals surface area contributed by atoms with Gasteiger partial charge in [-0.1, -0.05) is 36.4 Å². The molecule has 1 unspecified atom stereocenters. The second-order valence-corrected chi connectivity index (χ2v) is 7.58. The van der Waals surface area contributed by atoms with Gasteiger partial charge < -0.3 is 9.84 Å². The van der Waals surface area contributed by atoms with Crippen LogP contribution in [0.1, 0.15) is 29.7 Å². The summed E-state index contributed by atoms with van der Waals surface area (Å²) < 4.78 is 33.1. The lowest BCUT2D eigenvalue weighted by molar-refractivity contribution is -0.132. The molecule has 1 atom stereocenters. The number of carbonyl (C=O) groups is 2. The van der Waals surface area contributed by atoms with Crippen molar-refractivity contribution < 1.29 is 28.2 Å². The smallest absolute Gasteiger partial charge is 0.300 e. The molecular formula is C26H21F2NO4. The molecule has 33 heavy (non-hydrogen) atoms. The van der Waals surface area contributed by atoms with Crippen molar-refractivity contribution >= 4 is 23.1 Å². The summed E-state index contributed by atoms with van der Waals surface area (Å²) in [4.78, 5) is 27.3. The summed E-state index contributed by atoms with van der Waals surface area (Å²) in [5, 5.41) is 11.2. The number of ether oxygens (including phenoxy) is 1. The molecule has 0 aliphatic carbocycles. The minimum Gasteiger partial charge on any atom is -0.507 e. The summed E-state index contributed by atoms with van der Waals surface area (Å²) in [6, 6.07) is 15.5. The number of hydrogen-bond donors (Lipinski definition) is 1. The first-order valence-electron chi connectivity index (χ1n) is 10.4. The van der Waals surface area contributed by atoms with E-state index in [-0.39, 0.29) is 17.0 Å². The standard InChI is InChI=1S/C26H21F2NO4/c1-3-33-18-9-6-8-16(13-18)24(30)22-23(19-10-5-4-7-15(19)2)29(26(32)25(22)31)17-11-12-20(27)21(28)14-17/h4-14,23,30H,3H2,1-2H3/b24-22+. The van der Waals surface area contributed by atoms with Gasteiger partial charge in [0.05, 0.1) is 18.2 Å². The number of halogens is 2. The Balaban J connectivity index is 1.95. The van der Waals surface area contributed by atoms with Crippen LogP contribution in [0.15, 0.2) is 72.3 Å². The number of nitrogens with zero attached hydrogens (tertiary/aromatic N) is 1. The van der Waals surface area contributed by atoms with Gasteiger partial charge in [-0.15, -0.1) is 0 Å². The molecule has 0 aromatic heterocycles. The minimum atomic E-state index is -1.15. The Kier molecular flexibility index (Phi) is 5.96. The highest BCUT2D eigenvalue weighted by Crippen LogP contribution is 2.43. The summed E-state index contributed by atoms with van der Waals surface area (Å²) in [5.41, 5.74) is 1.48. The second-order valence-electron chi connectivity index (χ2n) is 7.58. The molecule has 1 heterocycles. The first-order valence-corrected chi connectivity index (χ1v) is 10.4. The van der Waals surface area contributed by atoms with Crippen molar-refractivity contribution in [2.24, 2.45) is 0 Å². The van der Waals surface area contributed by atoms with Gasteiger partial charge >= 0.3 is 0 Å². The number of amides is 1. The Bertz CT molecular complexity index is 1280. The van der Waals surface area contributed by atoms with Crippen LogP contribution in [0, 0.1) is 18.6 Å². The summed E-state index contributed by atoms with van der Waals surface area (Å²) >= 11 is 0. The lowest BCUT2D eigenvalue weighted by Gasteiger charge is -2.26. The maximum absolute atomic E-state index is 14.0. The van der Waals surface area contributed by atoms with Crippen LogP contribution in [-0.4, -0.2) is 23.4 Å². The van der Waals surface area contributed by atoms with Gasteiger partial charge in [0.1, 0.15) is 11.5 Å². The van der Waals surface area contributed by atoms with Crippen LogP contribution in [0.2, 0.25) is 0 Å². The van der Waals surface area contributed by atoms with Gasteiger partial charge in [0.25, 0.3) is 11.7 Å². The predicted molar refractivity (Wildman–Crippen MR) is 120 cm³/mol. The van der Waals surface area contributed by atoms with Crippen LogP contribution >= 0.6 is 0 Å². The van der Waals surface area contributed by atoms with E-state index in [2.05, 4.69) is 0 Å².